The van der Waals surface area contributed by atoms with Crippen LogP contribution in [0.2, 0.25) is 0 Å². The Bertz CT molecular complexity index is 203. The number of ketones is 1. The van der Waals surface area contributed by atoms with E-state index < -0.39 is 0 Å². The average Bonchev–Trinajstić information content (AvgIpc) is 2.16. The van der Waals surface area contributed by atoms with E-state index >= 15 is 0 Å². The standard InChI is InChI=1S/C10H19NO3/c1-3-11(7-8-12)10(14)6-4-5-9(2)13/h12H,3-8H2,1-2H3/i1D. The van der Waals surface area contributed by atoms with Crippen LogP contribution in [0.3, 0.4) is 0 Å². The predicted octanol–water partition coefficient (Wildman–Crippen LogP) is 0.586. The van der Waals surface area contributed by atoms with Gasteiger partial charge in [0.25, 0.3) is 0 Å². The van der Waals surface area contributed by atoms with Gasteiger partial charge in [0.15, 0.2) is 0 Å². The van der Waals surface area contributed by atoms with Crippen molar-refractivity contribution in [2.45, 2.75) is 33.1 Å². The molecule has 0 atom stereocenters. The van der Waals surface area contributed by atoms with Crippen LogP contribution in [-0.4, -0.2) is 41.4 Å². The summed E-state index contributed by atoms with van der Waals surface area (Å²) in [5.41, 5.74) is 0. The number of aliphatic hydroxyl groups is 1. The molecule has 1 amide bonds. The van der Waals surface area contributed by atoms with Crippen LogP contribution in [0, 0.1) is 0 Å². The first kappa shape index (κ1) is 11.2. The van der Waals surface area contributed by atoms with Gasteiger partial charge >= 0.3 is 0 Å². The highest BCUT2D eigenvalue weighted by atomic mass is 16.3. The van der Waals surface area contributed by atoms with Crippen LogP contribution in [0.15, 0.2) is 0 Å². The summed E-state index contributed by atoms with van der Waals surface area (Å²) in [5, 5.41) is 8.72. The van der Waals surface area contributed by atoms with Crippen molar-refractivity contribution in [2.24, 2.45) is 0 Å². The van der Waals surface area contributed by atoms with Crippen molar-refractivity contribution in [3.63, 3.8) is 0 Å². The third kappa shape index (κ3) is 5.70. The number of aliphatic hydroxyl groups excluding tert-OH is 1. The number of hydrogen-bond donors (Lipinski definition) is 1. The van der Waals surface area contributed by atoms with E-state index in [2.05, 4.69) is 0 Å². The minimum Gasteiger partial charge on any atom is -0.395 e. The maximum atomic E-state index is 11.5. The van der Waals surface area contributed by atoms with Gasteiger partial charge < -0.3 is 14.8 Å². The first-order valence-electron chi connectivity index (χ1n) is 5.49. The van der Waals surface area contributed by atoms with Crippen LogP contribution in [0.1, 0.15) is 34.5 Å². The fraction of sp³-hybridized carbons (Fsp3) is 0.800. The van der Waals surface area contributed by atoms with Crippen LogP contribution >= 0.6 is 0 Å². The molecule has 82 valence electrons. The van der Waals surface area contributed by atoms with Gasteiger partial charge in [-0.25, -0.2) is 0 Å². The third-order valence-electron chi connectivity index (χ3n) is 1.91. The molecule has 0 saturated heterocycles. The highest BCUT2D eigenvalue weighted by Crippen LogP contribution is 2.01. The Hall–Kier alpha value is -0.900. The second-order valence-electron chi connectivity index (χ2n) is 3.16. The van der Waals surface area contributed by atoms with Crippen molar-refractivity contribution in [3.8, 4) is 0 Å². The number of carbonyl (C=O) groups excluding carboxylic acids is 2. The van der Waals surface area contributed by atoms with Gasteiger partial charge in [0.2, 0.25) is 5.91 Å². The Balaban J connectivity index is 3.85. The molecule has 0 aliphatic carbocycles. The molecule has 0 radical (unpaired) electrons. The molecular weight excluding hydrogens is 182 g/mol. The zero-order valence-electron chi connectivity index (χ0n) is 9.66. The molecule has 0 spiro atoms. The van der Waals surface area contributed by atoms with Crippen molar-refractivity contribution in [1.82, 2.24) is 4.90 Å². The molecule has 0 aromatic heterocycles. The molecule has 0 fully saturated rings. The molecule has 4 heteroatoms. The highest BCUT2D eigenvalue weighted by molar-refractivity contribution is 5.78. The monoisotopic (exact) mass is 202 g/mol. The van der Waals surface area contributed by atoms with Crippen molar-refractivity contribution < 1.29 is 16.1 Å². The van der Waals surface area contributed by atoms with Gasteiger partial charge in [-0.05, 0) is 20.2 Å². The zero-order chi connectivity index (χ0) is 11.7. The lowest BCUT2D eigenvalue weighted by atomic mass is 10.2. The van der Waals surface area contributed by atoms with Gasteiger partial charge in [-0.15, -0.1) is 0 Å². The molecule has 4 nitrogen and oxygen atoms in total. The third-order valence-corrected chi connectivity index (χ3v) is 1.91. The van der Waals surface area contributed by atoms with Gasteiger partial charge in [-0.3, -0.25) is 4.79 Å². The number of nitrogens with zero attached hydrogens (tertiary/aromatic N) is 1. The van der Waals surface area contributed by atoms with E-state index in [1.807, 2.05) is 0 Å². The van der Waals surface area contributed by atoms with Crippen LogP contribution in [0.25, 0.3) is 0 Å². The van der Waals surface area contributed by atoms with Crippen molar-refractivity contribution >= 4 is 11.7 Å². The molecule has 1 N–H and O–H groups in total. The molecule has 0 rings (SSSR count). The summed E-state index contributed by atoms with van der Waals surface area (Å²) in [7, 11) is 0. The molecule has 0 aromatic rings. The molecule has 0 unspecified atom stereocenters. The van der Waals surface area contributed by atoms with E-state index in [1.165, 1.54) is 11.8 Å². The summed E-state index contributed by atoms with van der Waals surface area (Å²) in [5.74, 6) is -0.00505. The summed E-state index contributed by atoms with van der Waals surface area (Å²) in [6.07, 6.45) is 1.28. The van der Waals surface area contributed by atoms with E-state index in [9.17, 15) is 9.59 Å². The molecule has 0 aliphatic heterocycles. The first-order valence-corrected chi connectivity index (χ1v) is 4.79. The molecular formula is C10H19NO3. The van der Waals surface area contributed by atoms with Gasteiger partial charge in [0.05, 0.1) is 6.61 Å². The maximum Gasteiger partial charge on any atom is 0.222 e. The van der Waals surface area contributed by atoms with E-state index in [1.54, 1.807) is 0 Å². The Kier molecular flexibility index (Phi) is 5.99. The Morgan fingerprint density at radius 1 is 1.43 bits per heavy atom. The second kappa shape index (κ2) is 7.50. The molecule has 0 aromatic carbocycles. The van der Waals surface area contributed by atoms with E-state index in [-0.39, 0.29) is 31.7 Å². The SMILES string of the molecule is [2H]CCN(CCO)C(=O)CCCC(C)=O. The van der Waals surface area contributed by atoms with Crippen molar-refractivity contribution in [1.29, 1.82) is 0 Å². The Labute approximate surface area is 86.3 Å². The van der Waals surface area contributed by atoms with E-state index in [4.69, 9.17) is 6.48 Å². The lowest BCUT2D eigenvalue weighted by molar-refractivity contribution is -0.131. The zero-order valence-corrected chi connectivity index (χ0v) is 8.66. The van der Waals surface area contributed by atoms with Crippen molar-refractivity contribution in [2.75, 3.05) is 19.7 Å². The number of Topliss-reactive ketones (excluding diaryl/α,β-unsaturated/α-hetero) is 1. The van der Waals surface area contributed by atoms with E-state index in [0.717, 1.165) is 0 Å². The smallest absolute Gasteiger partial charge is 0.222 e. The minimum absolute atomic E-state index is 0.0806. The minimum atomic E-state index is -0.0856. The lowest BCUT2D eigenvalue weighted by Gasteiger charge is -2.19. The Morgan fingerprint density at radius 3 is 2.64 bits per heavy atom. The fourth-order valence-electron chi connectivity index (χ4n) is 1.13. The van der Waals surface area contributed by atoms with Gasteiger partial charge in [0, 0.05) is 27.3 Å². The molecule has 0 saturated carbocycles. The van der Waals surface area contributed by atoms with Crippen LogP contribution in [0.5, 0.6) is 0 Å². The largest absolute Gasteiger partial charge is 0.395 e. The van der Waals surface area contributed by atoms with Crippen LogP contribution in [-0.2, 0) is 9.59 Å². The van der Waals surface area contributed by atoms with Gasteiger partial charge in [-0.1, -0.05) is 0 Å². The van der Waals surface area contributed by atoms with Crippen LogP contribution in [0.4, 0.5) is 0 Å². The first-order chi connectivity index (χ1) is 7.11. The highest BCUT2D eigenvalue weighted by Gasteiger charge is 2.10. The lowest BCUT2D eigenvalue weighted by Crippen LogP contribution is -2.33. The summed E-state index contributed by atoms with van der Waals surface area (Å²) in [6.45, 7) is 2.17. The number of amides is 1. The number of rotatable bonds is 7. The average molecular weight is 202 g/mol. The second-order valence-corrected chi connectivity index (χ2v) is 3.16. The predicted molar refractivity (Wildman–Crippen MR) is 53.9 cm³/mol. The summed E-state index contributed by atoms with van der Waals surface area (Å²) < 4.78 is 7.02. The normalized spacial score (nSPS) is 10.9. The van der Waals surface area contributed by atoms with E-state index in [0.29, 0.717) is 25.8 Å². The quantitative estimate of drug-likeness (QED) is 0.657. The maximum absolute atomic E-state index is 11.5. The molecule has 0 bridgehead atoms. The van der Waals surface area contributed by atoms with Gasteiger partial charge in [0.1, 0.15) is 5.78 Å². The summed E-state index contributed by atoms with van der Waals surface area (Å²) >= 11 is 0. The number of carbonyl (C=O) groups is 2. The van der Waals surface area contributed by atoms with Crippen LogP contribution < -0.4 is 0 Å². The number of likely N-dealkylation sites (N-methyl/N-ethyl adjacent to an activating group) is 1. The summed E-state index contributed by atoms with van der Waals surface area (Å²) in [6, 6.07) is 0. The molecule has 0 aliphatic rings. The van der Waals surface area contributed by atoms with Gasteiger partial charge in [-0.2, -0.15) is 0 Å². The summed E-state index contributed by atoms with van der Waals surface area (Å²) in [4.78, 5) is 23.6. The molecule has 0 heterocycles. The Morgan fingerprint density at radius 2 is 2.14 bits per heavy atom. The number of hydrogen-bond acceptors (Lipinski definition) is 3. The molecule has 14 heavy (non-hydrogen) atoms. The van der Waals surface area contributed by atoms with Crippen molar-refractivity contribution in [3.05, 3.63) is 0 Å². The fourth-order valence-corrected chi connectivity index (χ4v) is 1.13. The topological polar surface area (TPSA) is 57.6 Å².